The summed E-state index contributed by atoms with van der Waals surface area (Å²) in [7, 11) is 3.08. The second kappa shape index (κ2) is 16.7. The summed E-state index contributed by atoms with van der Waals surface area (Å²) >= 11 is 0. The van der Waals surface area contributed by atoms with E-state index < -0.39 is 30.1 Å². The van der Waals surface area contributed by atoms with E-state index in [0.717, 1.165) is 42.6 Å². The highest BCUT2D eigenvalue weighted by atomic mass is 16.5. The quantitative estimate of drug-likeness (QED) is 0.309. The Bertz CT molecular complexity index is 1570. The summed E-state index contributed by atoms with van der Waals surface area (Å²) in [5, 5.41) is 12.6. The van der Waals surface area contributed by atoms with Crippen molar-refractivity contribution in [2.24, 2.45) is 0 Å². The molecule has 4 unspecified atom stereocenters. The van der Waals surface area contributed by atoms with Crippen LogP contribution in [0.2, 0.25) is 0 Å². The van der Waals surface area contributed by atoms with Gasteiger partial charge in [0.1, 0.15) is 18.3 Å². The third-order valence-corrected chi connectivity index (χ3v) is 8.70. The van der Waals surface area contributed by atoms with E-state index in [4.69, 9.17) is 14.2 Å². The van der Waals surface area contributed by atoms with Gasteiger partial charge in [0.05, 0.1) is 32.9 Å². The van der Waals surface area contributed by atoms with Crippen LogP contribution in [0.1, 0.15) is 50.5 Å². The number of methoxy groups -OCH3 is 2. The molecule has 0 spiro atoms. The van der Waals surface area contributed by atoms with Crippen molar-refractivity contribution in [3.8, 4) is 28.9 Å². The minimum Gasteiger partial charge on any atom is -0.497 e. The number of allylic oxidation sites excluding steroid dienone is 2. The highest BCUT2D eigenvalue weighted by molar-refractivity contribution is 5.87. The van der Waals surface area contributed by atoms with E-state index in [2.05, 4.69) is 21.4 Å². The first-order chi connectivity index (χ1) is 23.3. The van der Waals surface area contributed by atoms with Crippen molar-refractivity contribution in [2.75, 3.05) is 27.3 Å². The molecule has 2 aliphatic heterocycles. The van der Waals surface area contributed by atoms with Gasteiger partial charge < -0.3 is 24.6 Å². The number of carbonyl (C=O) groups excluding carboxylic acids is 2. The second-order valence-corrected chi connectivity index (χ2v) is 12.1. The molecule has 0 bridgehead atoms. The van der Waals surface area contributed by atoms with Crippen molar-refractivity contribution in [1.82, 2.24) is 20.2 Å². The molecular weight excluding hydrogens is 614 g/mol. The number of benzene rings is 2. The zero-order chi connectivity index (χ0) is 33.9. The SMILES string of the molecule is COc1ccc(CN2CCCCCC=CCCC(C(=O)O)NC(=O)C3CC(Oc4cc(-c5ccccc5)nc(OC)n4)C[NH+]3C2=O)cc1. The normalized spacial score (nSPS) is 22.4. The van der Waals surface area contributed by atoms with Gasteiger partial charge in [-0.2, -0.15) is 9.97 Å². The smallest absolute Gasteiger partial charge is 0.418 e. The van der Waals surface area contributed by atoms with E-state index in [0.29, 0.717) is 30.1 Å². The molecule has 1 fully saturated rings. The fourth-order valence-electron chi connectivity index (χ4n) is 6.13. The molecule has 3 heterocycles. The third-order valence-electron chi connectivity index (χ3n) is 8.70. The van der Waals surface area contributed by atoms with Crippen LogP contribution >= 0.6 is 0 Å². The number of aliphatic carboxylic acids is 1. The molecule has 0 radical (unpaired) electrons. The number of carboxylic acids is 1. The van der Waals surface area contributed by atoms with Gasteiger partial charge in [0.25, 0.3) is 5.91 Å². The fraction of sp³-hybridized carbons (Fsp3) is 0.417. The maximum Gasteiger partial charge on any atom is 0.418 e. The highest BCUT2D eigenvalue weighted by Crippen LogP contribution is 2.25. The van der Waals surface area contributed by atoms with E-state index in [1.807, 2.05) is 60.7 Å². The molecule has 5 rings (SSSR count). The summed E-state index contributed by atoms with van der Waals surface area (Å²) in [5.41, 5.74) is 2.38. The lowest BCUT2D eigenvalue weighted by molar-refractivity contribution is -0.824. The summed E-state index contributed by atoms with van der Waals surface area (Å²) in [6.07, 6.45) is 7.99. The standard InChI is InChI=1S/C36H43N5O7/c1-46-27-18-16-25(17-19-27)23-40-20-12-7-5-3-4-6-11-15-29(34(43)44)37-33(42)31-21-28(24-41(31)36(40)45)48-32-22-30(38-35(39-32)47-2)26-13-9-8-10-14-26/h4,6,8-10,13-14,16-19,22,28-29,31H,3,5,7,11-12,15,20-21,23-24H2,1-2H3,(H,37,42)(H,43,44)/p+1. The molecule has 3 amide bonds. The van der Waals surface area contributed by atoms with Gasteiger partial charge in [-0.1, -0.05) is 61.0 Å². The number of hydrogen-bond acceptors (Lipinski definition) is 8. The molecule has 0 aliphatic carbocycles. The molecule has 0 saturated carbocycles. The Morgan fingerprint density at radius 1 is 0.979 bits per heavy atom. The summed E-state index contributed by atoms with van der Waals surface area (Å²) in [5.74, 6) is -0.637. The van der Waals surface area contributed by atoms with Gasteiger partial charge in [-0.05, 0) is 49.8 Å². The third kappa shape index (κ3) is 9.09. The molecule has 2 aliphatic rings. The fourth-order valence-corrected chi connectivity index (χ4v) is 6.13. The summed E-state index contributed by atoms with van der Waals surface area (Å²) in [6.45, 7) is 1.05. The Kier molecular flexibility index (Phi) is 12.0. The predicted molar refractivity (Wildman–Crippen MR) is 178 cm³/mol. The number of quaternary nitrogens is 1. The molecule has 1 saturated heterocycles. The summed E-state index contributed by atoms with van der Waals surface area (Å²) in [4.78, 5) is 51.4. The van der Waals surface area contributed by atoms with Crippen LogP contribution < -0.4 is 24.4 Å². The lowest BCUT2D eigenvalue weighted by Crippen LogP contribution is -3.19. The number of aromatic nitrogens is 2. The Balaban J connectivity index is 1.44. The van der Waals surface area contributed by atoms with Gasteiger partial charge in [-0.15, -0.1) is 0 Å². The maximum atomic E-state index is 14.4. The van der Waals surface area contributed by atoms with Crippen LogP contribution in [-0.2, 0) is 16.1 Å². The number of nitrogens with zero attached hydrogens (tertiary/aromatic N) is 3. The van der Waals surface area contributed by atoms with E-state index >= 15 is 0 Å². The number of nitrogens with one attached hydrogen (secondary N) is 2. The van der Waals surface area contributed by atoms with E-state index in [-0.39, 0.29) is 37.3 Å². The Morgan fingerprint density at radius 3 is 2.48 bits per heavy atom. The van der Waals surface area contributed by atoms with E-state index in [1.54, 1.807) is 18.1 Å². The Morgan fingerprint density at radius 2 is 1.75 bits per heavy atom. The van der Waals surface area contributed by atoms with Crippen LogP contribution in [0.4, 0.5) is 4.79 Å². The van der Waals surface area contributed by atoms with Gasteiger partial charge in [0, 0.05) is 18.2 Å². The number of urea groups is 1. The number of carbonyl (C=O) groups is 3. The van der Waals surface area contributed by atoms with Crippen molar-refractivity contribution in [3.05, 3.63) is 78.4 Å². The van der Waals surface area contributed by atoms with Crippen LogP contribution in [0.25, 0.3) is 11.3 Å². The number of fused-ring (bicyclic) bond motifs is 1. The van der Waals surface area contributed by atoms with E-state index in [1.165, 1.54) is 7.11 Å². The average molecular weight is 659 g/mol. The molecule has 12 heteroatoms. The van der Waals surface area contributed by atoms with Crippen molar-refractivity contribution >= 4 is 17.9 Å². The number of rotatable bonds is 8. The lowest BCUT2D eigenvalue weighted by atomic mass is 10.1. The Labute approximate surface area is 280 Å². The van der Waals surface area contributed by atoms with Crippen LogP contribution in [0, 0.1) is 0 Å². The van der Waals surface area contributed by atoms with Gasteiger partial charge >= 0.3 is 18.0 Å². The lowest BCUT2D eigenvalue weighted by Gasteiger charge is -2.27. The van der Waals surface area contributed by atoms with Crippen molar-refractivity contribution in [3.63, 3.8) is 0 Å². The van der Waals surface area contributed by atoms with Crippen LogP contribution in [0.5, 0.6) is 17.6 Å². The second-order valence-electron chi connectivity index (χ2n) is 12.1. The number of amides is 3. The highest BCUT2D eigenvalue weighted by Gasteiger charge is 2.48. The minimum atomic E-state index is -1.11. The number of hydrogen-bond donors (Lipinski definition) is 3. The average Bonchev–Trinajstić information content (AvgIpc) is 3.53. The predicted octanol–water partition coefficient (Wildman–Crippen LogP) is 3.67. The minimum absolute atomic E-state index is 0.125. The van der Waals surface area contributed by atoms with Crippen LogP contribution in [0.15, 0.2) is 72.8 Å². The zero-order valence-electron chi connectivity index (χ0n) is 27.5. The molecule has 4 atom stereocenters. The van der Waals surface area contributed by atoms with Gasteiger partial charge in [-0.25, -0.2) is 14.5 Å². The van der Waals surface area contributed by atoms with Crippen LogP contribution in [0.3, 0.4) is 0 Å². The molecule has 2 aromatic carbocycles. The summed E-state index contributed by atoms with van der Waals surface area (Å²) in [6, 6.07) is 16.8. The largest absolute Gasteiger partial charge is 0.497 e. The number of carboxylic acid groups (broad SMARTS) is 1. The first kappa shape index (κ1) is 34.4. The van der Waals surface area contributed by atoms with Crippen molar-refractivity contribution < 1.29 is 38.6 Å². The first-order valence-electron chi connectivity index (χ1n) is 16.5. The maximum absolute atomic E-state index is 14.4. The molecule has 48 heavy (non-hydrogen) atoms. The van der Waals surface area contributed by atoms with Gasteiger partial charge in [-0.3, -0.25) is 9.69 Å². The Hall–Kier alpha value is -4.97. The van der Waals surface area contributed by atoms with Gasteiger partial charge in [0.15, 0.2) is 12.1 Å². The number of ether oxygens (including phenoxy) is 3. The summed E-state index contributed by atoms with van der Waals surface area (Å²) < 4.78 is 17.0. The zero-order valence-corrected chi connectivity index (χ0v) is 27.5. The molecule has 254 valence electrons. The van der Waals surface area contributed by atoms with Gasteiger partial charge in [0.2, 0.25) is 5.88 Å². The molecule has 1 aromatic heterocycles. The topological polar surface area (TPSA) is 145 Å². The molecule has 3 aromatic rings. The monoisotopic (exact) mass is 658 g/mol. The van der Waals surface area contributed by atoms with Crippen molar-refractivity contribution in [1.29, 1.82) is 0 Å². The molecule has 12 nitrogen and oxygen atoms in total. The van der Waals surface area contributed by atoms with Crippen LogP contribution in [-0.4, -0.2) is 83.4 Å². The van der Waals surface area contributed by atoms with Crippen molar-refractivity contribution in [2.45, 2.75) is 69.7 Å². The molecule has 3 N–H and O–H groups in total. The van der Waals surface area contributed by atoms with E-state index in [9.17, 15) is 19.5 Å². The molecular formula is C36H44N5O7+. The first-order valence-corrected chi connectivity index (χ1v) is 16.5.